The van der Waals surface area contributed by atoms with E-state index in [4.69, 9.17) is 0 Å². The summed E-state index contributed by atoms with van der Waals surface area (Å²) in [6, 6.07) is 0.808. The van der Waals surface area contributed by atoms with Crippen LogP contribution in [-0.2, 0) is 0 Å². The lowest BCUT2D eigenvalue weighted by Crippen LogP contribution is -2.38. The van der Waals surface area contributed by atoms with Gasteiger partial charge in [0.15, 0.2) is 0 Å². The molecule has 2 unspecified atom stereocenters. The minimum Gasteiger partial charge on any atom is -0.317 e. The monoisotopic (exact) mass is 265 g/mol. The summed E-state index contributed by atoms with van der Waals surface area (Å²) in [4.78, 5) is 0. The number of hydrogen-bond donors (Lipinski definition) is 1. The van der Waals surface area contributed by atoms with Crippen LogP contribution in [0.4, 0.5) is 0 Å². The summed E-state index contributed by atoms with van der Waals surface area (Å²) in [6.07, 6.45) is 20.8. The van der Waals surface area contributed by atoms with Crippen LogP contribution in [-0.4, -0.2) is 13.1 Å². The van der Waals surface area contributed by atoms with Crippen molar-refractivity contribution in [2.45, 2.75) is 95.9 Å². The zero-order chi connectivity index (χ0) is 13.3. The number of rotatable bonds is 2. The van der Waals surface area contributed by atoms with E-state index >= 15 is 0 Å². The zero-order valence-corrected chi connectivity index (χ0v) is 13.1. The zero-order valence-electron chi connectivity index (χ0n) is 13.1. The summed E-state index contributed by atoms with van der Waals surface area (Å²) in [5.41, 5.74) is 0. The van der Waals surface area contributed by atoms with Crippen molar-refractivity contribution in [3.63, 3.8) is 0 Å². The van der Waals surface area contributed by atoms with Gasteiger partial charge in [-0.05, 0) is 31.7 Å². The predicted molar refractivity (Wildman–Crippen MR) is 84.5 cm³/mol. The molecule has 1 nitrogen and oxygen atoms in total. The Morgan fingerprint density at radius 1 is 0.579 bits per heavy atom. The molecule has 2 atom stereocenters. The molecule has 0 aromatic carbocycles. The van der Waals surface area contributed by atoms with E-state index < -0.39 is 0 Å². The van der Waals surface area contributed by atoms with Gasteiger partial charge >= 0.3 is 0 Å². The standard InChI is InChI=1S/C18H35N/c1-19-18-15-11-7-3-6-10-14-17(18)16-12-8-4-2-5-9-13-16/h16-19H,2-15H2,1H3. The highest BCUT2D eigenvalue weighted by Gasteiger charge is 2.28. The highest BCUT2D eigenvalue weighted by Crippen LogP contribution is 2.35. The molecular formula is C18H35N. The van der Waals surface area contributed by atoms with E-state index in [9.17, 15) is 0 Å². The first-order chi connectivity index (χ1) is 9.42. The van der Waals surface area contributed by atoms with Gasteiger partial charge in [-0.1, -0.05) is 77.0 Å². The van der Waals surface area contributed by atoms with Crippen LogP contribution in [0.5, 0.6) is 0 Å². The summed E-state index contributed by atoms with van der Waals surface area (Å²) in [6.45, 7) is 0. The SMILES string of the molecule is CNC1CCCCCCCC1C1CCCCCCC1. The Balaban J connectivity index is 1.96. The van der Waals surface area contributed by atoms with Gasteiger partial charge in [-0.25, -0.2) is 0 Å². The second-order valence-corrected chi connectivity index (χ2v) is 7.01. The van der Waals surface area contributed by atoms with Gasteiger partial charge in [0.05, 0.1) is 0 Å². The van der Waals surface area contributed by atoms with E-state index in [1.807, 2.05) is 0 Å². The van der Waals surface area contributed by atoms with E-state index in [-0.39, 0.29) is 0 Å². The maximum absolute atomic E-state index is 3.68. The van der Waals surface area contributed by atoms with Crippen molar-refractivity contribution in [1.82, 2.24) is 5.32 Å². The van der Waals surface area contributed by atoms with Crippen molar-refractivity contribution in [2.24, 2.45) is 11.8 Å². The van der Waals surface area contributed by atoms with E-state index in [1.54, 1.807) is 0 Å². The summed E-state index contributed by atoms with van der Waals surface area (Å²) < 4.78 is 0. The van der Waals surface area contributed by atoms with E-state index in [2.05, 4.69) is 12.4 Å². The van der Waals surface area contributed by atoms with Crippen LogP contribution in [0.3, 0.4) is 0 Å². The van der Waals surface area contributed by atoms with Crippen molar-refractivity contribution >= 4 is 0 Å². The first-order valence-electron chi connectivity index (χ1n) is 9.09. The van der Waals surface area contributed by atoms with Crippen LogP contribution < -0.4 is 5.32 Å². The highest BCUT2D eigenvalue weighted by molar-refractivity contribution is 4.83. The fourth-order valence-corrected chi connectivity index (χ4v) is 4.53. The lowest BCUT2D eigenvalue weighted by Gasteiger charge is -2.35. The van der Waals surface area contributed by atoms with Crippen molar-refractivity contribution in [3.05, 3.63) is 0 Å². The summed E-state index contributed by atoms with van der Waals surface area (Å²) in [7, 11) is 2.21. The molecule has 0 saturated heterocycles. The maximum Gasteiger partial charge on any atom is 0.00949 e. The molecule has 2 saturated carbocycles. The van der Waals surface area contributed by atoms with Gasteiger partial charge in [0, 0.05) is 6.04 Å². The van der Waals surface area contributed by atoms with Crippen LogP contribution in [0, 0.1) is 11.8 Å². The molecular weight excluding hydrogens is 230 g/mol. The second kappa shape index (κ2) is 9.00. The molecule has 2 fully saturated rings. The Bertz CT molecular complexity index is 218. The topological polar surface area (TPSA) is 12.0 Å². The fraction of sp³-hybridized carbons (Fsp3) is 1.00. The molecule has 0 amide bonds. The lowest BCUT2D eigenvalue weighted by atomic mass is 9.75. The molecule has 0 aromatic rings. The molecule has 0 radical (unpaired) electrons. The van der Waals surface area contributed by atoms with Crippen LogP contribution in [0.2, 0.25) is 0 Å². The quantitative estimate of drug-likeness (QED) is 0.715. The Hall–Kier alpha value is -0.0400. The summed E-state index contributed by atoms with van der Waals surface area (Å²) in [5, 5.41) is 3.68. The number of hydrogen-bond acceptors (Lipinski definition) is 1. The normalized spacial score (nSPS) is 32.7. The molecule has 2 aliphatic rings. The maximum atomic E-state index is 3.68. The molecule has 2 rings (SSSR count). The van der Waals surface area contributed by atoms with E-state index in [0.717, 1.165) is 17.9 Å². The molecule has 0 spiro atoms. The van der Waals surface area contributed by atoms with Gasteiger partial charge in [0.25, 0.3) is 0 Å². The molecule has 0 aromatic heterocycles. The van der Waals surface area contributed by atoms with Crippen LogP contribution >= 0.6 is 0 Å². The van der Waals surface area contributed by atoms with Crippen molar-refractivity contribution < 1.29 is 0 Å². The van der Waals surface area contributed by atoms with Crippen molar-refractivity contribution in [3.8, 4) is 0 Å². The van der Waals surface area contributed by atoms with Gasteiger partial charge in [-0.3, -0.25) is 0 Å². The third kappa shape index (κ3) is 5.10. The molecule has 1 N–H and O–H groups in total. The average molecular weight is 265 g/mol. The molecule has 19 heavy (non-hydrogen) atoms. The molecule has 0 aliphatic heterocycles. The first-order valence-corrected chi connectivity index (χ1v) is 9.09. The van der Waals surface area contributed by atoms with E-state index in [1.165, 1.54) is 89.9 Å². The van der Waals surface area contributed by atoms with Crippen molar-refractivity contribution in [2.75, 3.05) is 7.05 Å². The van der Waals surface area contributed by atoms with E-state index in [0.29, 0.717) is 0 Å². The average Bonchev–Trinajstić information content (AvgIpc) is 2.50. The Morgan fingerprint density at radius 2 is 1.05 bits per heavy atom. The molecule has 0 bridgehead atoms. The number of nitrogens with one attached hydrogen (secondary N) is 1. The first kappa shape index (κ1) is 15.4. The molecule has 0 heterocycles. The van der Waals surface area contributed by atoms with Crippen LogP contribution in [0.25, 0.3) is 0 Å². The fourth-order valence-electron chi connectivity index (χ4n) is 4.53. The molecule has 1 heteroatoms. The minimum absolute atomic E-state index is 0.808. The Labute approximate surface area is 120 Å². The van der Waals surface area contributed by atoms with Crippen molar-refractivity contribution in [1.29, 1.82) is 0 Å². The molecule has 112 valence electrons. The molecule has 2 aliphatic carbocycles. The van der Waals surface area contributed by atoms with Gasteiger partial charge in [-0.2, -0.15) is 0 Å². The van der Waals surface area contributed by atoms with Gasteiger partial charge in [-0.15, -0.1) is 0 Å². The lowest BCUT2D eigenvalue weighted by molar-refractivity contribution is 0.192. The second-order valence-electron chi connectivity index (χ2n) is 7.01. The summed E-state index contributed by atoms with van der Waals surface area (Å²) >= 11 is 0. The third-order valence-corrected chi connectivity index (χ3v) is 5.70. The summed E-state index contributed by atoms with van der Waals surface area (Å²) in [5.74, 6) is 2.00. The minimum atomic E-state index is 0.808. The highest BCUT2D eigenvalue weighted by atomic mass is 14.9. The predicted octanol–water partition coefficient (Wildman–Crippen LogP) is 5.30. The smallest absolute Gasteiger partial charge is 0.00949 e. The third-order valence-electron chi connectivity index (χ3n) is 5.70. The Kier molecular flexibility index (Phi) is 7.27. The Morgan fingerprint density at radius 3 is 1.63 bits per heavy atom. The van der Waals surface area contributed by atoms with Crippen LogP contribution in [0.15, 0.2) is 0 Å². The van der Waals surface area contributed by atoms with Crippen LogP contribution in [0.1, 0.15) is 89.9 Å². The van der Waals surface area contributed by atoms with Gasteiger partial charge in [0.2, 0.25) is 0 Å². The largest absolute Gasteiger partial charge is 0.317 e. The van der Waals surface area contributed by atoms with Gasteiger partial charge < -0.3 is 5.32 Å². The van der Waals surface area contributed by atoms with Gasteiger partial charge in [0.1, 0.15) is 0 Å².